The van der Waals surface area contributed by atoms with E-state index in [2.05, 4.69) is 25.2 Å². The van der Waals surface area contributed by atoms with Crippen LogP contribution >= 0.6 is 0 Å². The van der Waals surface area contributed by atoms with Crippen molar-refractivity contribution < 1.29 is 0 Å². The lowest BCUT2D eigenvalue weighted by atomic mass is 10.0. The highest BCUT2D eigenvalue weighted by Crippen LogP contribution is 2.12. The molecular weight excluding hydrogens is 292 g/mol. The zero-order valence-electron chi connectivity index (χ0n) is 16.6. The molecule has 0 unspecified atom stereocenters. The summed E-state index contributed by atoms with van der Waals surface area (Å²) < 4.78 is 0. The molecule has 0 saturated heterocycles. The summed E-state index contributed by atoms with van der Waals surface area (Å²) in [5.74, 6) is 0. The Morgan fingerprint density at radius 1 is 0.750 bits per heavy atom. The summed E-state index contributed by atoms with van der Waals surface area (Å²) in [6.07, 6.45) is 26.0. The third-order valence-corrected chi connectivity index (χ3v) is 4.59. The molecule has 0 aliphatic rings. The molecule has 2 nitrogen and oxygen atoms in total. The Kier molecular flexibility index (Phi) is 19.6. The van der Waals surface area contributed by atoms with Gasteiger partial charge in [0, 0.05) is 13.1 Å². The lowest BCUT2D eigenvalue weighted by Gasteiger charge is -2.03. The molecule has 0 rings (SSSR count). The van der Waals surface area contributed by atoms with E-state index >= 15 is 0 Å². The van der Waals surface area contributed by atoms with Crippen LogP contribution in [-0.2, 0) is 0 Å². The van der Waals surface area contributed by atoms with Crippen molar-refractivity contribution in [1.29, 1.82) is 0 Å². The molecule has 0 radical (unpaired) electrons. The molecule has 0 heterocycles. The molecule has 0 aromatic heterocycles. The van der Waals surface area contributed by atoms with E-state index in [1.807, 2.05) is 12.3 Å². The van der Waals surface area contributed by atoms with Gasteiger partial charge in [-0.25, -0.2) is 0 Å². The Morgan fingerprint density at radius 3 is 1.67 bits per heavy atom. The molecule has 3 N–H and O–H groups in total. The van der Waals surface area contributed by atoms with Gasteiger partial charge in [-0.15, -0.1) is 0 Å². The number of hydrogen-bond acceptors (Lipinski definition) is 2. The molecule has 0 aliphatic heterocycles. The van der Waals surface area contributed by atoms with Gasteiger partial charge in [-0.2, -0.15) is 0 Å². The summed E-state index contributed by atoms with van der Waals surface area (Å²) in [5, 5.41) is 3.34. The first-order valence-corrected chi connectivity index (χ1v) is 10.6. The van der Waals surface area contributed by atoms with Gasteiger partial charge in [0.1, 0.15) is 0 Å². The predicted octanol–water partition coefficient (Wildman–Crippen LogP) is 6.48. The lowest BCUT2D eigenvalue weighted by Crippen LogP contribution is -2.06. The second-order valence-electron chi connectivity index (χ2n) is 7.13. The average molecular weight is 337 g/mol. The normalized spacial score (nSPS) is 12.2. The monoisotopic (exact) mass is 336 g/mol. The Hall–Kier alpha value is -0.760. The molecule has 0 spiro atoms. The zero-order chi connectivity index (χ0) is 17.7. The molecule has 0 saturated carbocycles. The summed E-state index contributed by atoms with van der Waals surface area (Å²) in [7, 11) is 0. The van der Waals surface area contributed by atoms with E-state index in [-0.39, 0.29) is 0 Å². The average Bonchev–Trinajstić information content (AvgIpc) is 2.60. The Morgan fingerprint density at radius 2 is 1.21 bits per heavy atom. The lowest BCUT2D eigenvalue weighted by molar-refractivity contribution is 0.534. The number of unbranched alkanes of at least 4 members (excludes halogenated alkanes) is 13. The quantitative estimate of drug-likeness (QED) is 0.222. The molecule has 0 bridgehead atoms. The first-order chi connectivity index (χ1) is 11.8. The van der Waals surface area contributed by atoms with Crippen molar-refractivity contribution >= 4 is 0 Å². The van der Waals surface area contributed by atoms with Crippen molar-refractivity contribution in [1.82, 2.24) is 5.32 Å². The highest BCUT2D eigenvalue weighted by Gasteiger charge is 1.93. The maximum Gasteiger partial charge on any atom is 0.0141 e. The van der Waals surface area contributed by atoms with Crippen LogP contribution in [0, 0.1) is 0 Å². The van der Waals surface area contributed by atoms with Crippen LogP contribution in [0.4, 0.5) is 0 Å². The van der Waals surface area contributed by atoms with Crippen molar-refractivity contribution in [3.63, 3.8) is 0 Å². The fraction of sp³-hybridized carbons (Fsp3) is 0.818. The van der Waals surface area contributed by atoms with Crippen molar-refractivity contribution in [2.45, 2.75) is 104 Å². The van der Waals surface area contributed by atoms with Crippen LogP contribution in [0.2, 0.25) is 0 Å². The van der Waals surface area contributed by atoms with Gasteiger partial charge in [0.05, 0.1) is 0 Å². The molecular formula is C22H44N2. The van der Waals surface area contributed by atoms with Crippen LogP contribution in [-0.4, -0.2) is 13.1 Å². The van der Waals surface area contributed by atoms with Crippen molar-refractivity contribution in [3.8, 4) is 0 Å². The first kappa shape index (κ1) is 23.2. The fourth-order valence-corrected chi connectivity index (χ4v) is 2.85. The van der Waals surface area contributed by atoms with Gasteiger partial charge < -0.3 is 11.1 Å². The maximum atomic E-state index is 5.53. The first-order valence-electron chi connectivity index (χ1n) is 10.6. The highest BCUT2D eigenvalue weighted by molar-refractivity contribution is 5.10. The highest BCUT2D eigenvalue weighted by atomic mass is 14.8. The van der Waals surface area contributed by atoms with E-state index in [0.717, 1.165) is 6.54 Å². The molecule has 0 atom stereocenters. The van der Waals surface area contributed by atoms with Crippen molar-refractivity contribution in [3.05, 3.63) is 23.9 Å². The van der Waals surface area contributed by atoms with Gasteiger partial charge in [0.15, 0.2) is 0 Å². The van der Waals surface area contributed by atoms with Crippen molar-refractivity contribution in [2.75, 3.05) is 13.1 Å². The van der Waals surface area contributed by atoms with Gasteiger partial charge in [-0.05, 0) is 25.6 Å². The van der Waals surface area contributed by atoms with Gasteiger partial charge in [0.2, 0.25) is 0 Å². The molecule has 0 aliphatic carbocycles. The van der Waals surface area contributed by atoms with Gasteiger partial charge >= 0.3 is 0 Å². The topological polar surface area (TPSA) is 38.0 Å². The number of nitrogens with one attached hydrogen (secondary N) is 1. The zero-order valence-corrected chi connectivity index (χ0v) is 16.6. The molecule has 0 amide bonds. The van der Waals surface area contributed by atoms with Gasteiger partial charge in [-0.3, -0.25) is 0 Å². The molecule has 0 aromatic rings. The largest absolute Gasteiger partial charge is 0.391 e. The SMILES string of the molecule is CCCCCCCCCCCCCCCCN/C=C/C=C(\C)CN. The minimum Gasteiger partial charge on any atom is -0.391 e. The third kappa shape index (κ3) is 19.3. The smallest absolute Gasteiger partial charge is 0.0141 e. The van der Waals surface area contributed by atoms with Crippen molar-refractivity contribution in [2.24, 2.45) is 5.73 Å². The molecule has 0 aromatic carbocycles. The van der Waals surface area contributed by atoms with Crippen LogP contribution in [0.3, 0.4) is 0 Å². The summed E-state index contributed by atoms with van der Waals surface area (Å²) in [6.45, 7) is 6.07. The summed E-state index contributed by atoms with van der Waals surface area (Å²) >= 11 is 0. The molecule has 142 valence electrons. The number of hydrogen-bond donors (Lipinski definition) is 2. The predicted molar refractivity (Wildman–Crippen MR) is 110 cm³/mol. The molecule has 24 heavy (non-hydrogen) atoms. The standard InChI is InChI=1S/C22H44N2/c1-3-4-5-6-7-8-9-10-11-12-13-14-15-16-19-24-20-17-18-22(2)21-23/h17-18,20,24H,3-16,19,21,23H2,1-2H3/b20-17+,22-18+. The van der Waals surface area contributed by atoms with E-state index in [9.17, 15) is 0 Å². The Balaban J connectivity index is 3.10. The summed E-state index contributed by atoms with van der Waals surface area (Å²) in [4.78, 5) is 0. The number of rotatable bonds is 18. The van der Waals surface area contributed by atoms with Crippen LogP contribution in [0.25, 0.3) is 0 Å². The second-order valence-corrected chi connectivity index (χ2v) is 7.13. The van der Waals surface area contributed by atoms with Crippen LogP contribution in [0.5, 0.6) is 0 Å². The van der Waals surface area contributed by atoms with Crippen LogP contribution in [0.1, 0.15) is 104 Å². The Labute approximate surface area is 152 Å². The molecule has 2 heteroatoms. The maximum absolute atomic E-state index is 5.53. The number of nitrogens with two attached hydrogens (primary N) is 1. The third-order valence-electron chi connectivity index (χ3n) is 4.59. The van der Waals surface area contributed by atoms with E-state index in [4.69, 9.17) is 5.73 Å². The minimum absolute atomic E-state index is 0.642. The van der Waals surface area contributed by atoms with Crippen LogP contribution < -0.4 is 11.1 Å². The van der Waals surface area contributed by atoms with E-state index in [1.165, 1.54) is 95.5 Å². The second kappa shape index (κ2) is 20.3. The van der Waals surface area contributed by atoms with E-state index in [1.54, 1.807) is 0 Å². The fourth-order valence-electron chi connectivity index (χ4n) is 2.85. The van der Waals surface area contributed by atoms with E-state index in [0.29, 0.717) is 6.54 Å². The summed E-state index contributed by atoms with van der Waals surface area (Å²) in [5.41, 5.74) is 6.74. The minimum atomic E-state index is 0.642. The van der Waals surface area contributed by atoms with E-state index < -0.39 is 0 Å². The number of allylic oxidation sites excluding steroid dienone is 2. The summed E-state index contributed by atoms with van der Waals surface area (Å²) in [6, 6.07) is 0. The van der Waals surface area contributed by atoms with Gasteiger partial charge in [-0.1, -0.05) is 102 Å². The Bertz CT molecular complexity index is 294. The van der Waals surface area contributed by atoms with Crippen LogP contribution in [0.15, 0.2) is 23.9 Å². The molecule has 0 fully saturated rings. The van der Waals surface area contributed by atoms with Gasteiger partial charge in [0.25, 0.3) is 0 Å².